The molecule has 3 N–H and O–H groups in total. The van der Waals surface area contributed by atoms with E-state index >= 15 is 0 Å². The van der Waals surface area contributed by atoms with E-state index in [0.29, 0.717) is 5.75 Å². The fourth-order valence-corrected chi connectivity index (χ4v) is 4.20. The van der Waals surface area contributed by atoms with Gasteiger partial charge in [-0.15, -0.1) is 0 Å². The molecule has 2 aromatic carbocycles. The molecule has 1 aliphatic rings. The summed E-state index contributed by atoms with van der Waals surface area (Å²) < 4.78 is 0. The molecule has 1 aromatic heterocycles. The molecule has 0 unspecified atom stereocenters. The van der Waals surface area contributed by atoms with Crippen LogP contribution in [-0.2, 0) is 0 Å². The van der Waals surface area contributed by atoms with E-state index in [1.54, 1.807) is 6.07 Å². The number of phenolic OH excluding ortho intramolecular Hbond substituents is 1. The number of Topliss-reactive ketones (excluding diaryl/α,β-unsaturated/α-hetero) is 1. The normalized spacial score (nSPS) is 16.6. The summed E-state index contributed by atoms with van der Waals surface area (Å²) in [4.78, 5) is 20.1. The average molecular weight is 364 g/mol. The van der Waals surface area contributed by atoms with Crippen LogP contribution in [0.2, 0.25) is 0 Å². The largest absolute Gasteiger partial charge is 0.506 e. The fourth-order valence-electron chi connectivity index (χ4n) is 4.20. The predicted molar refractivity (Wildman–Crippen MR) is 108 cm³/mol. The number of anilines is 1. The molecule has 3 aromatic rings. The van der Waals surface area contributed by atoms with Gasteiger partial charge in [-0.3, -0.25) is 4.79 Å². The van der Waals surface area contributed by atoms with Crippen molar-refractivity contribution in [2.24, 2.45) is 0 Å². The number of benzene rings is 2. The zero-order chi connectivity index (χ0) is 19.0. The van der Waals surface area contributed by atoms with Gasteiger partial charge in [0.15, 0.2) is 0 Å². The summed E-state index contributed by atoms with van der Waals surface area (Å²) in [7, 11) is 0. The topological polar surface area (TPSA) is 60.8 Å². The molecule has 1 saturated heterocycles. The number of nitrogens with one attached hydrogen (secondary N) is 2. The zero-order valence-electron chi connectivity index (χ0n) is 15.8. The number of aromatic nitrogens is 1. The van der Waals surface area contributed by atoms with E-state index in [-0.39, 0.29) is 11.8 Å². The van der Waals surface area contributed by atoms with Gasteiger partial charge in [0.25, 0.3) is 0 Å². The molecule has 1 fully saturated rings. The van der Waals surface area contributed by atoms with Crippen molar-refractivity contribution in [1.29, 1.82) is 0 Å². The molecule has 0 radical (unpaired) electrons. The number of rotatable bonds is 4. The van der Waals surface area contributed by atoms with E-state index in [9.17, 15) is 9.90 Å². The van der Waals surface area contributed by atoms with Crippen molar-refractivity contribution in [2.45, 2.75) is 19.9 Å². The second kappa shape index (κ2) is 7.08. The van der Waals surface area contributed by atoms with E-state index < -0.39 is 0 Å². The van der Waals surface area contributed by atoms with Crippen LogP contribution in [0.25, 0.3) is 10.9 Å². The Hall–Kier alpha value is -2.79. The number of aromatic hydroxyl groups is 1. The molecule has 0 amide bonds. The molecule has 2 heterocycles. The highest BCUT2D eigenvalue weighted by atomic mass is 16.3. The van der Waals surface area contributed by atoms with Gasteiger partial charge in [-0.05, 0) is 32.0 Å². The molecular formula is C22H26N3O2+. The highest BCUT2D eigenvalue weighted by molar-refractivity contribution is 6.10. The van der Waals surface area contributed by atoms with Gasteiger partial charge in [0.05, 0.1) is 37.4 Å². The minimum Gasteiger partial charge on any atom is -0.506 e. The van der Waals surface area contributed by atoms with Crippen molar-refractivity contribution < 1.29 is 14.8 Å². The Bertz CT molecular complexity index is 971. The molecule has 27 heavy (non-hydrogen) atoms. The monoisotopic (exact) mass is 364 g/mol. The maximum Gasteiger partial charge on any atom is 0.222 e. The van der Waals surface area contributed by atoms with Crippen LogP contribution in [0.1, 0.15) is 23.0 Å². The van der Waals surface area contributed by atoms with E-state index in [2.05, 4.69) is 9.88 Å². The number of hydrogen-bond acceptors (Lipinski definition) is 3. The third-order valence-corrected chi connectivity index (χ3v) is 5.77. The lowest BCUT2D eigenvalue weighted by Crippen LogP contribution is -3.18. The van der Waals surface area contributed by atoms with Crippen molar-refractivity contribution >= 4 is 22.4 Å². The average Bonchev–Trinajstić information content (AvgIpc) is 3.03. The van der Waals surface area contributed by atoms with Gasteiger partial charge >= 0.3 is 0 Å². The lowest BCUT2D eigenvalue weighted by Gasteiger charge is -2.36. The summed E-state index contributed by atoms with van der Waals surface area (Å²) in [5.41, 5.74) is 3.67. The number of piperazine rings is 1. The van der Waals surface area contributed by atoms with Gasteiger partial charge < -0.3 is 19.9 Å². The summed E-state index contributed by atoms with van der Waals surface area (Å²) in [5.74, 6) is 0.524. The fraction of sp³-hybridized carbons (Fsp3) is 0.318. The Labute approximate surface area is 159 Å². The quantitative estimate of drug-likeness (QED) is 0.622. The number of phenols is 1. The van der Waals surface area contributed by atoms with Crippen LogP contribution in [0, 0.1) is 6.92 Å². The Morgan fingerprint density at radius 1 is 1.11 bits per heavy atom. The van der Waals surface area contributed by atoms with Gasteiger partial charge in [-0.1, -0.05) is 30.3 Å². The van der Waals surface area contributed by atoms with Crippen molar-refractivity contribution in [3.05, 3.63) is 59.8 Å². The number of aryl methyl sites for hydroxylation is 1. The van der Waals surface area contributed by atoms with Crippen LogP contribution < -0.4 is 9.80 Å². The first-order valence-electron chi connectivity index (χ1n) is 9.55. The second-order valence-electron chi connectivity index (χ2n) is 7.39. The number of carbonyl (C=O) groups excluding carboxylic acids is 1. The summed E-state index contributed by atoms with van der Waals surface area (Å²) >= 11 is 0. The summed E-state index contributed by atoms with van der Waals surface area (Å²) in [5, 5.41) is 11.1. The zero-order valence-corrected chi connectivity index (χ0v) is 15.8. The van der Waals surface area contributed by atoms with Crippen LogP contribution in [0.4, 0.5) is 5.69 Å². The molecule has 5 heteroatoms. The van der Waals surface area contributed by atoms with Gasteiger partial charge in [0.2, 0.25) is 5.78 Å². The second-order valence-corrected chi connectivity index (χ2v) is 7.39. The lowest BCUT2D eigenvalue weighted by molar-refractivity contribution is -0.914. The van der Waals surface area contributed by atoms with Gasteiger partial charge in [-0.2, -0.15) is 0 Å². The van der Waals surface area contributed by atoms with Crippen LogP contribution in [-0.4, -0.2) is 48.1 Å². The van der Waals surface area contributed by atoms with Gasteiger partial charge in [0, 0.05) is 16.6 Å². The molecule has 1 aliphatic heterocycles. The number of hydrogen-bond donors (Lipinski definition) is 3. The SMILES string of the molecule is Cc1[nH]c2ccccc2c1C(=O)[C@H](C)[NH+]1CCN(c2ccccc2O)CC1. The van der Waals surface area contributed by atoms with E-state index in [0.717, 1.165) is 54.0 Å². The van der Waals surface area contributed by atoms with Crippen LogP contribution in [0.3, 0.4) is 0 Å². The lowest BCUT2D eigenvalue weighted by atomic mass is 10.0. The van der Waals surface area contributed by atoms with Crippen LogP contribution >= 0.6 is 0 Å². The van der Waals surface area contributed by atoms with Crippen molar-refractivity contribution in [1.82, 2.24) is 4.98 Å². The van der Waals surface area contributed by atoms with E-state index in [4.69, 9.17) is 0 Å². The smallest absolute Gasteiger partial charge is 0.222 e. The number of fused-ring (bicyclic) bond motifs is 1. The van der Waals surface area contributed by atoms with Crippen LogP contribution in [0.5, 0.6) is 5.75 Å². The molecule has 140 valence electrons. The third kappa shape index (κ3) is 3.19. The summed E-state index contributed by atoms with van der Waals surface area (Å²) in [6.45, 7) is 7.43. The highest BCUT2D eigenvalue weighted by Crippen LogP contribution is 2.26. The minimum atomic E-state index is -0.0885. The number of H-pyrrole nitrogens is 1. The van der Waals surface area contributed by atoms with Gasteiger partial charge in [0.1, 0.15) is 11.8 Å². The maximum atomic E-state index is 13.3. The maximum absolute atomic E-state index is 13.3. The Kier molecular flexibility index (Phi) is 4.62. The molecule has 0 saturated carbocycles. The summed E-state index contributed by atoms with van der Waals surface area (Å²) in [6, 6.07) is 15.4. The molecular weight excluding hydrogens is 338 g/mol. The predicted octanol–water partition coefficient (Wildman–Crippen LogP) is 2.16. The third-order valence-electron chi connectivity index (χ3n) is 5.77. The molecule has 4 rings (SSSR count). The highest BCUT2D eigenvalue weighted by Gasteiger charge is 2.32. The van der Waals surface area contributed by atoms with Crippen molar-refractivity contribution in [3.63, 3.8) is 0 Å². The number of aromatic amines is 1. The Morgan fingerprint density at radius 3 is 2.52 bits per heavy atom. The van der Waals surface area contributed by atoms with E-state index in [1.165, 1.54) is 4.90 Å². The molecule has 0 bridgehead atoms. The molecule has 0 spiro atoms. The summed E-state index contributed by atoms with van der Waals surface area (Å²) in [6.07, 6.45) is 0. The van der Waals surface area contributed by atoms with E-state index in [1.807, 2.05) is 56.3 Å². The van der Waals surface area contributed by atoms with Crippen molar-refractivity contribution in [2.75, 3.05) is 31.1 Å². The molecule has 1 atom stereocenters. The Balaban J connectivity index is 1.49. The minimum absolute atomic E-state index is 0.0885. The standard InChI is InChI=1S/C22H25N3O2/c1-15-21(17-7-3-4-8-18(17)23-15)22(27)16(2)24-11-13-25(14-12-24)19-9-5-6-10-20(19)26/h3-10,16,23,26H,11-14H2,1-2H3/p+1/t16-/m0/s1. The molecule has 0 aliphatic carbocycles. The van der Waals surface area contributed by atoms with Crippen molar-refractivity contribution in [3.8, 4) is 5.75 Å². The number of nitrogens with zero attached hydrogens (tertiary/aromatic N) is 1. The Morgan fingerprint density at radius 2 is 1.78 bits per heavy atom. The number of para-hydroxylation sites is 3. The van der Waals surface area contributed by atoms with Gasteiger partial charge in [-0.25, -0.2) is 0 Å². The first-order chi connectivity index (χ1) is 13.1. The first-order valence-corrected chi connectivity index (χ1v) is 9.55. The number of ketones is 1. The molecule has 5 nitrogen and oxygen atoms in total. The number of quaternary nitrogens is 1. The first kappa shape index (κ1) is 17.6. The number of carbonyl (C=O) groups is 1. The van der Waals surface area contributed by atoms with Crippen LogP contribution in [0.15, 0.2) is 48.5 Å².